The lowest BCUT2D eigenvalue weighted by atomic mass is 10.2. The van der Waals surface area contributed by atoms with Crippen LogP contribution in [0.5, 0.6) is 5.75 Å². The first-order chi connectivity index (χ1) is 12.0. The van der Waals surface area contributed by atoms with Gasteiger partial charge in [-0.15, -0.1) is 11.3 Å². The van der Waals surface area contributed by atoms with Gasteiger partial charge in [0.25, 0.3) is 11.5 Å². The first kappa shape index (κ1) is 16.3. The summed E-state index contributed by atoms with van der Waals surface area (Å²) in [7, 11) is 0. The van der Waals surface area contributed by atoms with Crippen molar-refractivity contribution in [3.63, 3.8) is 0 Å². The number of rotatable bonds is 4. The Morgan fingerprint density at radius 2 is 1.92 bits per heavy atom. The molecule has 2 aromatic heterocycles. The molecule has 0 fully saturated rings. The molecule has 0 aliphatic heterocycles. The van der Waals surface area contributed by atoms with E-state index in [1.54, 1.807) is 30.3 Å². The molecule has 0 atom stereocenters. The molecule has 25 heavy (non-hydrogen) atoms. The number of aromatic carboxylic acids is 1. The largest absolute Gasteiger partial charge is 0.501 e. The van der Waals surface area contributed by atoms with Crippen molar-refractivity contribution < 1.29 is 19.8 Å². The van der Waals surface area contributed by atoms with Gasteiger partial charge in [0.05, 0.1) is 5.51 Å². The Bertz CT molecular complexity index is 1010. The van der Waals surface area contributed by atoms with Crippen LogP contribution in [0, 0.1) is 0 Å². The summed E-state index contributed by atoms with van der Waals surface area (Å²) >= 11 is 1.08. The van der Waals surface area contributed by atoms with Gasteiger partial charge in [-0.3, -0.25) is 9.59 Å². The van der Waals surface area contributed by atoms with Crippen molar-refractivity contribution in [2.45, 2.75) is 0 Å². The molecule has 0 saturated carbocycles. The number of aromatic hydroxyl groups is 1. The first-order valence-electron chi connectivity index (χ1n) is 6.84. The highest BCUT2D eigenvalue weighted by Gasteiger charge is 2.21. The van der Waals surface area contributed by atoms with Gasteiger partial charge in [0.15, 0.2) is 11.5 Å². The summed E-state index contributed by atoms with van der Waals surface area (Å²) in [5.74, 6) is -3.13. The number of hydrogen-bond acceptors (Lipinski definition) is 7. The SMILES string of the molecule is O=C(Nc1scnc1-c1nc(C(=O)O)c(O)c(=O)[nH]1)c1ccccc1. The number of nitrogens with zero attached hydrogens (tertiary/aromatic N) is 2. The number of thiazole rings is 1. The maximum atomic E-state index is 12.2. The summed E-state index contributed by atoms with van der Waals surface area (Å²) < 4.78 is 0. The maximum Gasteiger partial charge on any atom is 0.358 e. The number of aromatic amines is 1. The molecule has 4 N–H and O–H groups in total. The number of carboxylic acids is 1. The minimum absolute atomic E-state index is 0.0916. The summed E-state index contributed by atoms with van der Waals surface area (Å²) in [4.78, 5) is 45.0. The summed E-state index contributed by atoms with van der Waals surface area (Å²) in [6.45, 7) is 0. The lowest BCUT2D eigenvalue weighted by molar-refractivity contribution is 0.0686. The van der Waals surface area contributed by atoms with Crippen molar-refractivity contribution >= 4 is 28.2 Å². The molecule has 1 amide bonds. The molecule has 3 rings (SSSR count). The normalized spacial score (nSPS) is 10.4. The minimum Gasteiger partial charge on any atom is -0.501 e. The highest BCUT2D eigenvalue weighted by Crippen LogP contribution is 2.28. The number of carboxylic acid groups (broad SMARTS) is 1. The fourth-order valence-corrected chi connectivity index (χ4v) is 2.67. The Balaban J connectivity index is 1.99. The second-order valence-corrected chi connectivity index (χ2v) is 5.62. The van der Waals surface area contributed by atoms with Crippen LogP contribution in [0.2, 0.25) is 0 Å². The molecular weight excluding hydrogens is 348 g/mol. The molecule has 1 aromatic carbocycles. The van der Waals surface area contributed by atoms with Crippen LogP contribution in [-0.4, -0.2) is 37.0 Å². The number of carbonyl (C=O) groups excluding carboxylic acids is 1. The molecule has 0 saturated heterocycles. The van der Waals surface area contributed by atoms with Crippen LogP contribution in [0.4, 0.5) is 5.00 Å². The van der Waals surface area contributed by atoms with Crippen molar-refractivity contribution in [2.24, 2.45) is 0 Å². The third kappa shape index (κ3) is 3.23. The van der Waals surface area contributed by atoms with Gasteiger partial charge in [0, 0.05) is 5.56 Å². The zero-order valence-electron chi connectivity index (χ0n) is 12.4. The van der Waals surface area contributed by atoms with Gasteiger partial charge in [-0.2, -0.15) is 0 Å². The Morgan fingerprint density at radius 1 is 1.20 bits per heavy atom. The number of carbonyl (C=O) groups is 2. The van der Waals surface area contributed by atoms with Gasteiger partial charge in [-0.1, -0.05) is 18.2 Å². The third-order valence-electron chi connectivity index (χ3n) is 3.15. The van der Waals surface area contributed by atoms with Crippen LogP contribution in [-0.2, 0) is 0 Å². The minimum atomic E-state index is -1.56. The van der Waals surface area contributed by atoms with Crippen LogP contribution < -0.4 is 10.9 Å². The Labute approximate surface area is 143 Å². The Morgan fingerprint density at radius 3 is 2.60 bits per heavy atom. The Kier molecular flexibility index (Phi) is 4.27. The van der Waals surface area contributed by atoms with Crippen molar-refractivity contribution in [3.8, 4) is 17.3 Å². The van der Waals surface area contributed by atoms with E-state index >= 15 is 0 Å². The molecule has 10 heteroatoms. The van der Waals surface area contributed by atoms with Crippen LogP contribution >= 0.6 is 11.3 Å². The number of hydrogen-bond donors (Lipinski definition) is 4. The van der Waals surface area contributed by atoms with Crippen LogP contribution in [0.3, 0.4) is 0 Å². The van der Waals surface area contributed by atoms with Crippen molar-refractivity contribution in [1.29, 1.82) is 0 Å². The molecule has 0 unspecified atom stereocenters. The van der Waals surface area contributed by atoms with E-state index in [1.807, 2.05) is 0 Å². The molecule has 0 spiro atoms. The van der Waals surface area contributed by atoms with Crippen LogP contribution in [0.15, 0.2) is 40.6 Å². The predicted molar refractivity (Wildman–Crippen MR) is 89.0 cm³/mol. The second-order valence-electron chi connectivity index (χ2n) is 4.77. The average molecular weight is 358 g/mol. The van der Waals surface area contributed by atoms with Gasteiger partial charge in [-0.25, -0.2) is 14.8 Å². The van der Waals surface area contributed by atoms with Gasteiger partial charge in [-0.05, 0) is 12.1 Å². The molecule has 9 nitrogen and oxygen atoms in total. The third-order valence-corrected chi connectivity index (χ3v) is 3.89. The molecule has 0 bridgehead atoms. The maximum absolute atomic E-state index is 12.2. The predicted octanol–water partition coefficient (Wildman–Crippen LogP) is 1.55. The quantitative estimate of drug-likeness (QED) is 0.553. The molecule has 2 heterocycles. The van der Waals surface area contributed by atoms with E-state index < -0.39 is 28.9 Å². The van der Waals surface area contributed by atoms with E-state index in [4.69, 9.17) is 5.11 Å². The number of H-pyrrole nitrogens is 1. The molecular formula is C15H10N4O5S. The van der Waals surface area contributed by atoms with Gasteiger partial charge < -0.3 is 20.5 Å². The highest BCUT2D eigenvalue weighted by atomic mass is 32.1. The summed E-state index contributed by atoms with van der Waals surface area (Å²) in [6.07, 6.45) is 0. The topological polar surface area (TPSA) is 145 Å². The van der Waals surface area contributed by atoms with E-state index in [-0.39, 0.29) is 16.5 Å². The van der Waals surface area contributed by atoms with E-state index in [2.05, 4.69) is 20.3 Å². The number of amides is 1. The summed E-state index contributed by atoms with van der Waals surface area (Å²) in [5, 5.41) is 21.4. The number of nitrogens with one attached hydrogen (secondary N) is 2. The Hall–Kier alpha value is -3.53. The number of benzene rings is 1. The zero-order chi connectivity index (χ0) is 18.0. The average Bonchev–Trinajstić information content (AvgIpc) is 3.05. The standard InChI is InChI=1S/C15H10N4O5S/c20-10-8(15(23)24)17-11(18-13(10)22)9-14(25-6-16-9)19-12(21)7-4-2-1-3-5-7/h1-6,20H,(H,19,21)(H,23,24)(H,17,18,22). The highest BCUT2D eigenvalue weighted by molar-refractivity contribution is 7.14. The van der Waals surface area contributed by atoms with E-state index in [9.17, 15) is 19.5 Å². The fraction of sp³-hybridized carbons (Fsp3) is 0. The van der Waals surface area contributed by atoms with Crippen molar-refractivity contribution in [2.75, 3.05) is 5.32 Å². The first-order valence-corrected chi connectivity index (χ1v) is 7.72. The van der Waals surface area contributed by atoms with Crippen molar-refractivity contribution in [1.82, 2.24) is 15.0 Å². The number of aromatic nitrogens is 3. The second kappa shape index (κ2) is 6.53. The molecule has 126 valence electrons. The monoisotopic (exact) mass is 358 g/mol. The number of anilines is 1. The van der Waals surface area contributed by atoms with Crippen molar-refractivity contribution in [3.05, 3.63) is 57.5 Å². The van der Waals surface area contributed by atoms with Gasteiger partial charge in [0.1, 0.15) is 10.7 Å². The zero-order valence-corrected chi connectivity index (χ0v) is 13.2. The molecule has 0 radical (unpaired) electrons. The molecule has 0 aliphatic carbocycles. The van der Waals surface area contributed by atoms with E-state index in [1.165, 1.54) is 5.51 Å². The van der Waals surface area contributed by atoms with Gasteiger partial charge >= 0.3 is 5.97 Å². The molecule has 3 aromatic rings. The van der Waals surface area contributed by atoms with E-state index in [0.29, 0.717) is 5.56 Å². The summed E-state index contributed by atoms with van der Waals surface area (Å²) in [5.41, 5.74) is 0.0976. The van der Waals surface area contributed by atoms with Crippen LogP contribution in [0.1, 0.15) is 20.8 Å². The lowest BCUT2D eigenvalue weighted by Crippen LogP contribution is -2.16. The van der Waals surface area contributed by atoms with Gasteiger partial charge in [0.2, 0.25) is 5.75 Å². The fourth-order valence-electron chi connectivity index (χ4n) is 2.00. The van der Waals surface area contributed by atoms with E-state index in [0.717, 1.165) is 11.3 Å². The lowest BCUT2D eigenvalue weighted by Gasteiger charge is -2.06. The molecule has 0 aliphatic rings. The summed E-state index contributed by atoms with van der Waals surface area (Å²) in [6, 6.07) is 8.44. The smallest absolute Gasteiger partial charge is 0.358 e. The van der Waals surface area contributed by atoms with Crippen LogP contribution in [0.25, 0.3) is 11.5 Å².